The van der Waals surface area contributed by atoms with Gasteiger partial charge in [-0.15, -0.1) is 0 Å². The zero-order valence-corrected chi connectivity index (χ0v) is 11.2. The van der Waals surface area contributed by atoms with Gasteiger partial charge < -0.3 is 4.74 Å². The van der Waals surface area contributed by atoms with E-state index in [9.17, 15) is 13.6 Å². The summed E-state index contributed by atoms with van der Waals surface area (Å²) in [5.41, 5.74) is 1.48. The molecule has 104 valence electrons. The van der Waals surface area contributed by atoms with Gasteiger partial charge in [0.15, 0.2) is 5.78 Å². The van der Waals surface area contributed by atoms with Crippen LogP contribution in [0.5, 0.6) is 5.75 Å². The standard InChI is InChI=1S/C15H18F2O2/c1-10-3-4-13(19-2)12(9-10)14(18)11-5-7-15(16,17)8-6-11/h3-4,9,11H,5-8H2,1-2H3. The number of Topliss-reactive ketones (excluding diaryl/α,β-unsaturated/α-hetero) is 1. The highest BCUT2D eigenvalue weighted by Crippen LogP contribution is 2.38. The van der Waals surface area contributed by atoms with E-state index in [4.69, 9.17) is 4.74 Å². The van der Waals surface area contributed by atoms with E-state index in [1.807, 2.05) is 13.0 Å². The van der Waals surface area contributed by atoms with Crippen LogP contribution in [0.4, 0.5) is 8.78 Å². The summed E-state index contributed by atoms with van der Waals surface area (Å²) in [5.74, 6) is -2.47. The minimum Gasteiger partial charge on any atom is -0.496 e. The molecular weight excluding hydrogens is 250 g/mol. The summed E-state index contributed by atoms with van der Waals surface area (Å²) in [5, 5.41) is 0. The molecule has 1 fully saturated rings. The van der Waals surface area contributed by atoms with E-state index in [1.54, 1.807) is 12.1 Å². The number of carbonyl (C=O) groups is 1. The van der Waals surface area contributed by atoms with E-state index in [0.717, 1.165) is 5.56 Å². The number of carbonyl (C=O) groups excluding carboxylic acids is 1. The maximum atomic E-state index is 13.1. The van der Waals surface area contributed by atoms with Crippen molar-refractivity contribution in [3.8, 4) is 5.75 Å². The van der Waals surface area contributed by atoms with Gasteiger partial charge in [0.2, 0.25) is 5.92 Å². The maximum absolute atomic E-state index is 13.1. The Kier molecular flexibility index (Phi) is 3.88. The number of hydrogen-bond acceptors (Lipinski definition) is 2. The van der Waals surface area contributed by atoms with Crippen molar-refractivity contribution in [3.63, 3.8) is 0 Å². The van der Waals surface area contributed by atoms with E-state index < -0.39 is 5.92 Å². The van der Waals surface area contributed by atoms with Gasteiger partial charge in [-0.3, -0.25) is 4.79 Å². The van der Waals surface area contributed by atoms with Gasteiger partial charge in [0, 0.05) is 18.8 Å². The predicted molar refractivity (Wildman–Crippen MR) is 69.0 cm³/mol. The second kappa shape index (κ2) is 5.27. The smallest absolute Gasteiger partial charge is 0.248 e. The van der Waals surface area contributed by atoms with E-state index in [-0.39, 0.29) is 37.4 Å². The fraction of sp³-hybridized carbons (Fsp3) is 0.533. The molecule has 19 heavy (non-hydrogen) atoms. The summed E-state index contributed by atoms with van der Waals surface area (Å²) in [7, 11) is 1.51. The first-order valence-electron chi connectivity index (χ1n) is 6.49. The van der Waals surface area contributed by atoms with Crippen molar-refractivity contribution in [3.05, 3.63) is 29.3 Å². The molecule has 0 unspecified atom stereocenters. The Morgan fingerprint density at radius 2 is 1.95 bits per heavy atom. The minimum absolute atomic E-state index is 0.0731. The molecule has 1 saturated carbocycles. The molecule has 0 bridgehead atoms. The number of alkyl halides is 2. The largest absolute Gasteiger partial charge is 0.496 e. The summed E-state index contributed by atoms with van der Waals surface area (Å²) >= 11 is 0. The topological polar surface area (TPSA) is 26.3 Å². The lowest BCUT2D eigenvalue weighted by Crippen LogP contribution is -2.29. The Morgan fingerprint density at radius 3 is 2.53 bits per heavy atom. The molecule has 1 aromatic carbocycles. The van der Waals surface area contributed by atoms with Crippen molar-refractivity contribution in [1.29, 1.82) is 0 Å². The molecular formula is C15H18F2O2. The van der Waals surface area contributed by atoms with Crippen LogP contribution < -0.4 is 4.74 Å². The molecule has 0 heterocycles. The summed E-state index contributed by atoms with van der Waals surface area (Å²) in [6, 6.07) is 5.39. The molecule has 0 spiro atoms. The monoisotopic (exact) mass is 268 g/mol. The van der Waals surface area contributed by atoms with Crippen LogP contribution in [0.1, 0.15) is 41.6 Å². The van der Waals surface area contributed by atoms with Gasteiger partial charge in [-0.1, -0.05) is 11.6 Å². The van der Waals surface area contributed by atoms with Crippen LogP contribution in [-0.2, 0) is 0 Å². The van der Waals surface area contributed by atoms with Crippen molar-refractivity contribution in [2.45, 2.75) is 38.5 Å². The van der Waals surface area contributed by atoms with Gasteiger partial charge in [-0.25, -0.2) is 8.78 Å². The van der Waals surface area contributed by atoms with Crippen LogP contribution >= 0.6 is 0 Å². The second-order valence-electron chi connectivity index (χ2n) is 5.20. The van der Waals surface area contributed by atoms with Gasteiger partial charge in [-0.2, -0.15) is 0 Å². The molecule has 0 radical (unpaired) electrons. The third kappa shape index (κ3) is 3.11. The fourth-order valence-corrected chi connectivity index (χ4v) is 2.54. The zero-order chi connectivity index (χ0) is 14.0. The van der Waals surface area contributed by atoms with Crippen molar-refractivity contribution in [2.75, 3.05) is 7.11 Å². The molecule has 1 aliphatic rings. The zero-order valence-electron chi connectivity index (χ0n) is 11.2. The lowest BCUT2D eigenvalue weighted by atomic mass is 9.81. The van der Waals surface area contributed by atoms with Gasteiger partial charge in [0.1, 0.15) is 5.75 Å². The second-order valence-corrected chi connectivity index (χ2v) is 5.20. The highest BCUT2D eigenvalue weighted by Gasteiger charge is 2.38. The lowest BCUT2D eigenvalue weighted by Gasteiger charge is -2.27. The van der Waals surface area contributed by atoms with Crippen LogP contribution in [0.15, 0.2) is 18.2 Å². The first-order valence-corrected chi connectivity index (χ1v) is 6.49. The Morgan fingerprint density at radius 1 is 1.32 bits per heavy atom. The number of ether oxygens (including phenoxy) is 1. The molecule has 0 aromatic heterocycles. The van der Waals surface area contributed by atoms with Crippen molar-refractivity contribution < 1.29 is 18.3 Å². The third-order valence-electron chi connectivity index (χ3n) is 3.71. The van der Waals surface area contributed by atoms with Crippen molar-refractivity contribution >= 4 is 5.78 Å². The first kappa shape index (κ1) is 14.0. The molecule has 1 aromatic rings. The lowest BCUT2D eigenvalue weighted by molar-refractivity contribution is -0.0424. The predicted octanol–water partition coefficient (Wildman–Crippen LogP) is 4.01. The molecule has 4 heteroatoms. The average molecular weight is 268 g/mol. The van der Waals surface area contributed by atoms with Crippen LogP contribution in [0, 0.1) is 12.8 Å². The van der Waals surface area contributed by atoms with Crippen LogP contribution in [0.3, 0.4) is 0 Å². The molecule has 1 aliphatic carbocycles. The number of halogens is 2. The molecule has 0 aliphatic heterocycles. The first-order chi connectivity index (χ1) is 8.93. The Balaban J connectivity index is 2.18. The SMILES string of the molecule is COc1ccc(C)cc1C(=O)C1CCC(F)(F)CC1. The van der Waals surface area contributed by atoms with Crippen LogP contribution in [0.2, 0.25) is 0 Å². The number of methoxy groups -OCH3 is 1. The van der Waals surface area contributed by atoms with E-state index in [1.165, 1.54) is 7.11 Å². The van der Waals surface area contributed by atoms with Crippen molar-refractivity contribution in [2.24, 2.45) is 5.92 Å². The highest BCUT2D eigenvalue weighted by atomic mass is 19.3. The van der Waals surface area contributed by atoms with Crippen LogP contribution in [-0.4, -0.2) is 18.8 Å². The number of benzene rings is 1. The number of rotatable bonds is 3. The average Bonchev–Trinajstić information content (AvgIpc) is 2.38. The van der Waals surface area contributed by atoms with Crippen LogP contribution in [0.25, 0.3) is 0 Å². The van der Waals surface area contributed by atoms with E-state index >= 15 is 0 Å². The van der Waals surface area contributed by atoms with Gasteiger partial charge in [-0.05, 0) is 31.9 Å². The number of ketones is 1. The normalized spacial score (nSPS) is 19.2. The summed E-state index contributed by atoms with van der Waals surface area (Å²) in [6.07, 6.45) is 0.112. The van der Waals surface area contributed by atoms with E-state index in [2.05, 4.69) is 0 Å². The Labute approximate surface area is 111 Å². The maximum Gasteiger partial charge on any atom is 0.248 e. The van der Waals surface area contributed by atoms with Crippen molar-refractivity contribution in [1.82, 2.24) is 0 Å². The molecule has 0 saturated heterocycles. The molecule has 0 atom stereocenters. The number of hydrogen-bond donors (Lipinski definition) is 0. The minimum atomic E-state index is -2.60. The summed E-state index contributed by atoms with van der Waals surface area (Å²) in [4.78, 5) is 12.4. The fourth-order valence-electron chi connectivity index (χ4n) is 2.54. The van der Waals surface area contributed by atoms with Gasteiger partial charge in [0.05, 0.1) is 12.7 Å². The molecule has 2 nitrogen and oxygen atoms in total. The third-order valence-corrected chi connectivity index (χ3v) is 3.71. The van der Waals surface area contributed by atoms with E-state index in [0.29, 0.717) is 11.3 Å². The van der Waals surface area contributed by atoms with Gasteiger partial charge in [0.25, 0.3) is 0 Å². The Bertz CT molecular complexity index is 473. The molecule has 0 N–H and O–H groups in total. The Hall–Kier alpha value is -1.45. The summed E-state index contributed by atoms with van der Waals surface area (Å²) < 4.78 is 31.4. The summed E-state index contributed by atoms with van der Waals surface area (Å²) in [6.45, 7) is 1.89. The quantitative estimate of drug-likeness (QED) is 0.774. The number of aryl methyl sites for hydroxylation is 1. The highest BCUT2D eigenvalue weighted by molar-refractivity contribution is 6.00. The van der Waals surface area contributed by atoms with Gasteiger partial charge >= 0.3 is 0 Å². The molecule has 2 rings (SSSR count). The molecule has 0 amide bonds.